The lowest BCUT2D eigenvalue weighted by atomic mass is 9.42. The van der Waals surface area contributed by atoms with E-state index in [0.717, 1.165) is 37.5 Å². The van der Waals surface area contributed by atoms with Gasteiger partial charge < -0.3 is 9.84 Å². The first-order chi connectivity index (χ1) is 13.3. The first-order valence-electron chi connectivity index (χ1n) is 12.2. The van der Waals surface area contributed by atoms with Crippen LogP contribution in [0.5, 0.6) is 0 Å². The van der Waals surface area contributed by atoms with E-state index in [4.69, 9.17) is 4.74 Å². The molecule has 6 aliphatic rings. The molecule has 3 nitrogen and oxygen atoms in total. The van der Waals surface area contributed by atoms with Gasteiger partial charge in [-0.05, 0) is 87.4 Å². The molecule has 28 heavy (non-hydrogen) atoms. The molecule has 1 saturated heterocycles. The van der Waals surface area contributed by atoms with Crippen molar-refractivity contribution < 1.29 is 14.6 Å². The molecule has 0 aromatic heterocycles. The predicted molar refractivity (Wildman–Crippen MR) is 108 cm³/mol. The summed E-state index contributed by atoms with van der Waals surface area (Å²) in [6.45, 7) is 6.93. The van der Waals surface area contributed by atoms with Gasteiger partial charge in [0, 0.05) is 17.3 Å². The van der Waals surface area contributed by atoms with Crippen molar-refractivity contribution in [3.05, 3.63) is 0 Å². The van der Waals surface area contributed by atoms with E-state index >= 15 is 0 Å². The van der Waals surface area contributed by atoms with Crippen LogP contribution in [0.4, 0.5) is 0 Å². The maximum absolute atomic E-state index is 13.2. The first-order valence-corrected chi connectivity index (χ1v) is 12.2. The minimum Gasteiger partial charge on any atom is -0.393 e. The highest BCUT2D eigenvalue weighted by Gasteiger charge is 2.77. The van der Waals surface area contributed by atoms with Gasteiger partial charge >= 0.3 is 0 Å². The van der Waals surface area contributed by atoms with Gasteiger partial charge in [0.05, 0.1) is 12.2 Å². The average Bonchev–Trinajstić information content (AvgIpc) is 3.27. The second-order valence-corrected chi connectivity index (χ2v) is 12.1. The highest BCUT2D eigenvalue weighted by molar-refractivity contribution is 5.84. The number of hydrogen-bond acceptors (Lipinski definition) is 3. The van der Waals surface area contributed by atoms with Crippen LogP contribution in [0, 0.1) is 39.9 Å². The van der Waals surface area contributed by atoms with Crippen molar-refractivity contribution in [2.75, 3.05) is 0 Å². The Morgan fingerprint density at radius 1 is 0.964 bits per heavy atom. The van der Waals surface area contributed by atoms with Crippen LogP contribution in [0.2, 0.25) is 0 Å². The Bertz CT molecular complexity index is 719. The Kier molecular flexibility index (Phi) is 3.57. The van der Waals surface area contributed by atoms with E-state index < -0.39 is 0 Å². The highest BCUT2D eigenvalue weighted by atomic mass is 16.6. The molecule has 0 amide bonds. The minimum absolute atomic E-state index is 0.0246. The number of aliphatic hydroxyl groups is 1. The van der Waals surface area contributed by atoms with E-state index in [1.807, 2.05) is 6.92 Å². The van der Waals surface area contributed by atoms with Crippen molar-refractivity contribution in [2.24, 2.45) is 39.9 Å². The van der Waals surface area contributed by atoms with E-state index in [9.17, 15) is 9.90 Å². The smallest absolute Gasteiger partial charge is 0.136 e. The standard InChI is InChI=1S/C25H38O3/c1-15(26)24-9-5-4-6-16(24)12-20-18-13-21-25(28-21)14-17(27)7-10-23(25,3)19(18)8-11-22(20,24)2/h16-21,27H,4-14H2,1-3H3/t16-,17-,18+,19?,20?,21-,22-,23+,24-,25-/m0/s1. The molecule has 156 valence electrons. The summed E-state index contributed by atoms with van der Waals surface area (Å²) >= 11 is 0. The normalized spacial score (nSPS) is 62.0. The van der Waals surface area contributed by atoms with Gasteiger partial charge in [0.25, 0.3) is 0 Å². The monoisotopic (exact) mass is 386 g/mol. The van der Waals surface area contributed by atoms with E-state index in [0.29, 0.717) is 23.7 Å². The summed E-state index contributed by atoms with van der Waals surface area (Å²) in [4.78, 5) is 13.2. The quantitative estimate of drug-likeness (QED) is 0.652. The summed E-state index contributed by atoms with van der Waals surface area (Å²) in [7, 11) is 0. The van der Waals surface area contributed by atoms with Gasteiger partial charge in [-0.3, -0.25) is 4.79 Å². The van der Waals surface area contributed by atoms with Gasteiger partial charge in [-0.2, -0.15) is 0 Å². The van der Waals surface area contributed by atoms with Crippen LogP contribution in [0.1, 0.15) is 91.4 Å². The van der Waals surface area contributed by atoms with Crippen LogP contribution in [-0.2, 0) is 9.53 Å². The van der Waals surface area contributed by atoms with Gasteiger partial charge in [0.2, 0.25) is 0 Å². The number of carbonyl (C=O) groups excluding carboxylic acids is 1. The van der Waals surface area contributed by atoms with E-state index in [1.165, 1.54) is 44.9 Å². The van der Waals surface area contributed by atoms with Crippen molar-refractivity contribution in [3.8, 4) is 0 Å². The number of fused-ring (bicyclic) bond motifs is 6. The van der Waals surface area contributed by atoms with Crippen LogP contribution in [0.3, 0.4) is 0 Å². The molecule has 6 rings (SSSR count). The first kappa shape index (κ1) is 18.4. The van der Waals surface area contributed by atoms with E-state index in [1.54, 1.807) is 0 Å². The maximum atomic E-state index is 13.2. The molecule has 10 atom stereocenters. The summed E-state index contributed by atoms with van der Waals surface area (Å²) in [5, 5.41) is 10.4. The number of carbonyl (C=O) groups is 1. The van der Waals surface area contributed by atoms with Gasteiger partial charge in [0.15, 0.2) is 0 Å². The fourth-order valence-electron chi connectivity index (χ4n) is 10.5. The van der Waals surface area contributed by atoms with Gasteiger partial charge in [0.1, 0.15) is 11.4 Å². The van der Waals surface area contributed by atoms with Gasteiger partial charge in [-0.1, -0.05) is 26.7 Å². The van der Waals surface area contributed by atoms with Gasteiger partial charge in [-0.15, -0.1) is 0 Å². The van der Waals surface area contributed by atoms with Crippen LogP contribution in [-0.4, -0.2) is 28.7 Å². The third kappa shape index (κ3) is 1.84. The zero-order chi connectivity index (χ0) is 19.5. The fourth-order valence-corrected chi connectivity index (χ4v) is 10.5. The second kappa shape index (κ2) is 5.44. The summed E-state index contributed by atoms with van der Waals surface area (Å²) in [5.41, 5.74) is 0.371. The molecule has 2 unspecified atom stereocenters. The van der Waals surface area contributed by atoms with Crippen molar-refractivity contribution >= 4 is 5.78 Å². The minimum atomic E-state index is -0.168. The molecule has 1 aliphatic heterocycles. The SMILES string of the molecule is CC(=O)[C@@]12CCCC[C@H]1CC1[C@@H]3C[C@@H]4O[C@@]45C[C@@H](O)CC[C@]5(C)C3CC[C@@]12C. The number of ether oxygens (including phenoxy) is 1. The Hall–Kier alpha value is -0.410. The zero-order valence-electron chi connectivity index (χ0n) is 18.0. The third-order valence-electron chi connectivity index (χ3n) is 11.7. The number of ketones is 1. The largest absolute Gasteiger partial charge is 0.393 e. The lowest BCUT2D eigenvalue weighted by Crippen LogP contribution is -2.60. The number of epoxide rings is 1. The lowest BCUT2D eigenvalue weighted by molar-refractivity contribution is -0.154. The summed E-state index contributed by atoms with van der Waals surface area (Å²) in [6.07, 6.45) is 13.1. The Balaban J connectivity index is 1.40. The average molecular weight is 387 g/mol. The van der Waals surface area contributed by atoms with E-state index in [2.05, 4.69) is 13.8 Å². The van der Waals surface area contributed by atoms with Crippen LogP contribution in [0.15, 0.2) is 0 Å². The molecule has 6 fully saturated rings. The zero-order valence-corrected chi connectivity index (χ0v) is 18.0. The molecule has 0 bridgehead atoms. The van der Waals surface area contributed by atoms with Crippen LogP contribution >= 0.6 is 0 Å². The van der Waals surface area contributed by atoms with Crippen molar-refractivity contribution in [2.45, 2.75) is 109 Å². The molecule has 1 heterocycles. The number of hydrogen-bond donors (Lipinski definition) is 1. The number of rotatable bonds is 1. The summed E-state index contributed by atoms with van der Waals surface area (Å²) in [5.74, 6) is 3.27. The van der Waals surface area contributed by atoms with Crippen molar-refractivity contribution in [1.82, 2.24) is 0 Å². The molecule has 0 aromatic rings. The maximum Gasteiger partial charge on any atom is 0.136 e. The molecule has 0 aromatic carbocycles. The summed E-state index contributed by atoms with van der Waals surface area (Å²) in [6, 6.07) is 0. The number of Topliss-reactive ketones (excluding diaryl/α,β-unsaturated/α-hetero) is 1. The third-order valence-corrected chi connectivity index (χ3v) is 11.7. The molecule has 1 spiro atoms. The topological polar surface area (TPSA) is 49.8 Å². The molecule has 3 heteroatoms. The van der Waals surface area contributed by atoms with Crippen LogP contribution in [0.25, 0.3) is 0 Å². The molecular weight excluding hydrogens is 348 g/mol. The van der Waals surface area contributed by atoms with Gasteiger partial charge in [-0.25, -0.2) is 0 Å². The molecular formula is C25H38O3. The van der Waals surface area contributed by atoms with Crippen molar-refractivity contribution in [3.63, 3.8) is 0 Å². The summed E-state index contributed by atoms with van der Waals surface area (Å²) < 4.78 is 6.48. The van der Waals surface area contributed by atoms with E-state index in [-0.39, 0.29) is 27.9 Å². The molecule has 5 aliphatic carbocycles. The fraction of sp³-hybridized carbons (Fsp3) is 0.960. The lowest BCUT2D eigenvalue weighted by Gasteiger charge is -2.61. The molecule has 5 saturated carbocycles. The second-order valence-electron chi connectivity index (χ2n) is 12.1. The van der Waals surface area contributed by atoms with Crippen LogP contribution < -0.4 is 0 Å². The highest BCUT2D eigenvalue weighted by Crippen LogP contribution is 2.77. The molecule has 1 N–H and O–H groups in total. The Morgan fingerprint density at radius 3 is 2.54 bits per heavy atom. The Labute approximate surface area is 170 Å². The Morgan fingerprint density at radius 2 is 1.75 bits per heavy atom. The predicted octanol–water partition coefficient (Wildman–Crippen LogP) is 4.90. The molecule has 0 radical (unpaired) electrons. The number of aliphatic hydroxyl groups excluding tert-OH is 1. The van der Waals surface area contributed by atoms with Crippen molar-refractivity contribution in [1.29, 1.82) is 0 Å².